The Labute approximate surface area is 97.0 Å². The van der Waals surface area contributed by atoms with Crippen molar-refractivity contribution in [1.29, 1.82) is 0 Å². The lowest BCUT2D eigenvalue weighted by Crippen LogP contribution is -2.43. The van der Waals surface area contributed by atoms with Gasteiger partial charge in [-0.1, -0.05) is 12.1 Å². The molecule has 0 aliphatic heterocycles. The van der Waals surface area contributed by atoms with Crippen LogP contribution in [0.15, 0.2) is 28.9 Å². The van der Waals surface area contributed by atoms with Crippen molar-refractivity contribution in [1.82, 2.24) is 4.98 Å². The van der Waals surface area contributed by atoms with Crippen LogP contribution in [0.25, 0.3) is 10.9 Å². The number of fused-ring (bicyclic) bond motifs is 1. The summed E-state index contributed by atoms with van der Waals surface area (Å²) in [7, 11) is 0. The van der Waals surface area contributed by atoms with E-state index >= 15 is 0 Å². The molecule has 0 unspecified atom stereocenters. The van der Waals surface area contributed by atoms with Crippen molar-refractivity contribution < 1.29 is 0 Å². The number of hydrogen-bond donors (Lipinski definition) is 2. The monoisotopic (exact) mass is 264 g/mol. The first kappa shape index (κ1) is 9.43. The number of rotatable bonds is 1. The minimum atomic E-state index is -0.0843. The number of aromatic nitrogens is 1. The molecule has 78 valence electrons. The minimum absolute atomic E-state index is 0.0843. The van der Waals surface area contributed by atoms with Crippen molar-refractivity contribution in [3.05, 3.63) is 34.4 Å². The van der Waals surface area contributed by atoms with Gasteiger partial charge in [0.05, 0.1) is 5.52 Å². The third-order valence-electron chi connectivity index (χ3n) is 3.45. The molecule has 1 aromatic carbocycles. The Kier molecular flexibility index (Phi) is 1.94. The fourth-order valence-electron chi connectivity index (χ4n) is 2.36. The number of halogens is 1. The molecule has 0 atom stereocenters. The smallest absolute Gasteiger partial charge is 0.0601 e. The minimum Gasteiger partial charge on any atom is -0.360 e. The number of aromatic amines is 1. The summed E-state index contributed by atoms with van der Waals surface area (Å²) in [5.41, 5.74) is 8.69. The highest BCUT2D eigenvalue weighted by atomic mass is 79.9. The van der Waals surface area contributed by atoms with Crippen molar-refractivity contribution in [3.8, 4) is 0 Å². The predicted molar refractivity (Wildman–Crippen MR) is 65.7 cm³/mol. The summed E-state index contributed by atoms with van der Waals surface area (Å²) in [5.74, 6) is 0. The highest BCUT2D eigenvalue weighted by molar-refractivity contribution is 9.10. The molecular weight excluding hydrogens is 252 g/mol. The van der Waals surface area contributed by atoms with Crippen LogP contribution in [0, 0.1) is 0 Å². The predicted octanol–water partition coefficient (Wildman–Crippen LogP) is 3.27. The number of nitrogens with two attached hydrogens (primary N) is 1. The van der Waals surface area contributed by atoms with Gasteiger partial charge in [0.1, 0.15) is 0 Å². The Morgan fingerprint density at radius 2 is 2.13 bits per heavy atom. The molecule has 2 aromatic rings. The lowest BCUT2D eigenvalue weighted by molar-refractivity contribution is 0.256. The first-order valence-electron chi connectivity index (χ1n) is 5.26. The van der Waals surface area contributed by atoms with Gasteiger partial charge in [-0.05, 0) is 46.8 Å². The standard InChI is InChI=1S/C12H13BrN2/c13-10-4-1-3-8-9(7-15-11(8)10)12(14)5-2-6-12/h1,3-4,7,15H,2,5-6,14H2. The van der Waals surface area contributed by atoms with Crippen LogP contribution in [0.2, 0.25) is 0 Å². The van der Waals surface area contributed by atoms with E-state index in [0.29, 0.717) is 0 Å². The lowest BCUT2D eigenvalue weighted by atomic mass is 9.73. The lowest BCUT2D eigenvalue weighted by Gasteiger charge is -2.38. The number of benzene rings is 1. The quantitative estimate of drug-likeness (QED) is 0.816. The Bertz CT molecular complexity index is 511. The fraction of sp³-hybridized carbons (Fsp3) is 0.333. The van der Waals surface area contributed by atoms with Gasteiger partial charge in [0, 0.05) is 21.6 Å². The van der Waals surface area contributed by atoms with Gasteiger partial charge in [0.25, 0.3) is 0 Å². The Balaban J connectivity index is 2.24. The molecule has 2 nitrogen and oxygen atoms in total. The average Bonchev–Trinajstić information content (AvgIpc) is 2.60. The summed E-state index contributed by atoms with van der Waals surface area (Å²) in [6.45, 7) is 0. The maximum atomic E-state index is 6.35. The summed E-state index contributed by atoms with van der Waals surface area (Å²) in [6.07, 6.45) is 5.52. The molecule has 0 amide bonds. The first-order chi connectivity index (χ1) is 7.21. The molecule has 0 spiro atoms. The Morgan fingerprint density at radius 1 is 1.33 bits per heavy atom. The summed E-state index contributed by atoms with van der Waals surface area (Å²) in [4.78, 5) is 3.30. The van der Waals surface area contributed by atoms with Crippen molar-refractivity contribution in [2.75, 3.05) is 0 Å². The van der Waals surface area contributed by atoms with Crippen LogP contribution in [0.3, 0.4) is 0 Å². The topological polar surface area (TPSA) is 41.8 Å². The van der Waals surface area contributed by atoms with Gasteiger partial charge in [-0.2, -0.15) is 0 Å². The van der Waals surface area contributed by atoms with E-state index in [2.05, 4.69) is 39.2 Å². The average molecular weight is 265 g/mol. The Hall–Kier alpha value is -0.800. The van der Waals surface area contributed by atoms with E-state index < -0.39 is 0 Å². The van der Waals surface area contributed by atoms with Crippen molar-refractivity contribution >= 4 is 26.8 Å². The molecule has 1 aliphatic rings. The van der Waals surface area contributed by atoms with Gasteiger partial charge in [-0.3, -0.25) is 0 Å². The van der Waals surface area contributed by atoms with E-state index in [-0.39, 0.29) is 5.54 Å². The van der Waals surface area contributed by atoms with E-state index in [9.17, 15) is 0 Å². The third-order valence-corrected chi connectivity index (χ3v) is 4.11. The van der Waals surface area contributed by atoms with Gasteiger partial charge in [0.15, 0.2) is 0 Å². The highest BCUT2D eigenvalue weighted by Gasteiger charge is 2.36. The normalized spacial score (nSPS) is 19.1. The molecule has 3 N–H and O–H groups in total. The van der Waals surface area contributed by atoms with E-state index in [4.69, 9.17) is 5.73 Å². The zero-order valence-electron chi connectivity index (χ0n) is 8.39. The number of nitrogens with one attached hydrogen (secondary N) is 1. The molecule has 1 fully saturated rings. The first-order valence-corrected chi connectivity index (χ1v) is 6.05. The van der Waals surface area contributed by atoms with Crippen LogP contribution >= 0.6 is 15.9 Å². The molecule has 0 bridgehead atoms. The maximum absolute atomic E-state index is 6.35. The van der Waals surface area contributed by atoms with Crippen LogP contribution in [-0.4, -0.2) is 4.98 Å². The second kappa shape index (κ2) is 3.09. The largest absolute Gasteiger partial charge is 0.360 e. The second-order valence-corrected chi connectivity index (χ2v) is 5.23. The van der Waals surface area contributed by atoms with Crippen molar-refractivity contribution in [2.24, 2.45) is 5.73 Å². The van der Waals surface area contributed by atoms with Crippen LogP contribution in [0.5, 0.6) is 0 Å². The van der Waals surface area contributed by atoms with Crippen LogP contribution in [-0.2, 0) is 5.54 Å². The SMILES string of the molecule is NC1(c2c[nH]c3c(Br)cccc23)CCC1. The molecule has 0 saturated heterocycles. The highest BCUT2D eigenvalue weighted by Crippen LogP contribution is 2.42. The van der Waals surface area contributed by atoms with Crippen LogP contribution in [0.4, 0.5) is 0 Å². The van der Waals surface area contributed by atoms with Crippen LogP contribution < -0.4 is 5.73 Å². The van der Waals surface area contributed by atoms with Crippen LogP contribution in [0.1, 0.15) is 24.8 Å². The molecular formula is C12H13BrN2. The molecule has 1 saturated carbocycles. The Morgan fingerprint density at radius 3 is 2.80 bits per heavy atom. The van der Waals surface area contributed by atoms with E-state index in [0.717, 1.165) is 22.8 Å². The maximum Gasteiger partial charge on any atom is 0.0601 e. The zero-order chi connectivity index (χ0) is 10.5. The molecule has 1 aliphatic carbocycles. The third kappa shape index (κ3) is 1.26. The summed E-state index contributed by atoms with van der Waals surface area (Å²) in [5, 5.41) is 1.26. The molecule has 15 heavy (non-hydrogen) atoms. The van der Waals surface area contributed by atoms with E-state index in [1.54, 1.807) is 0 Å². The zero-order valence-corrected chi connectivity index (χ0v) is 9.97. The fourth-order valence-corrected chi connectivity index (χ4v) is 2.84. The second-order valence-electron chi connectivity index (χ2n) is 4.37. The molecule has 0 radical (unpaired) electrons. The summed E-state index contributed by atoms with van der Waals surface area (Å²) < 4.78 is 1.11. The van der Waals surface area contributed by atoms with Gasteiger partial charge < -0.3 is 10.7 Å². The molecule has 3 rings (SSSR count). The van der Waals surface area contributed by atoms with E-state index in [1.807, 2.05) is 6.07 Å². The summed E-state index contributed by atoms with van der Waals surface area (Å²) >= 11 is 3.54. The molecule has 3 heteroatoms. The molecule has 1 heterocycles. The van der Waals surface area contributed by atoms with Gasteiger partial charge in [-0.15, -0.1) is 0 Å². The number of H-pyrrole nitrogens is 1. The summed E-state index contributed by atoms with van der Waals surface area (Å²) in [6, 6.07) is 6.25. The van der Waals surface area contributed by atoms with Crippen molar-refractivity contribution in [3.63, 3.8) is 0 Å². The van der Waals surface area contributed by atoms with Gasteiger partial charge in [0.2, 0.25) is 0 Å². The number of para-hydroxylation sites is 1. The van der Waals surface area contributed by atoms with Gasteiger partial charge >= 0.3 is 0 Å². The van der Waals surface area contributed by atoms with Crippen molar-refractivity contribution in [2.45, 2.75) is 24.8 Å². The molecule has 1 aromatic heterocycles. The number of hydrogen-bond acceptors (Lipinski definition) is 1. The van der Waals surface area contributed by atoms with E-state index in [1.165, 1.54) is 17.4 Å². The van der Waals surface area contributed by atoms with Gasteiger partial charge in [-0.25, -0.2) is 0 Å².